The van der Waals surface area contributed by atoms with E-state index in [0.717, 1.165) is 14.6 Å². The maximum Gasteiger partial charge on any atom is 0.304 e. The number of aliphatic carboxylic acids is 1. The number of thioether (sulfide) groups is 1. The molecule has 0 amide bonds. The molecule has 2 rings (SSSR count). The van der Waals surface area contributed by atoms with E-state index in [1.54, 1.807) is 12.1 Å². The Balaban J connectivity index is 2.20. The fraction of sp³-hybridized carbons (Fsp3) is 0.200. The largest absolute Gasteiger partial charge is 0.481 e. The van der Waals surface area contributed by atoms with Crippen LogP contribution in [-0.2, 0) is 4.79 Å². The molecule has 3 nitrogen and oxygen atoms in total. The normalized spacial score (nSPS) is 10.9. The first-order valence-electron chi connectivity index (χ1n) is 4.66. The van der Waals surface area contributed by atoms with E-state index < -0.39 is 5.97 Å². The summed E-state index contributed by atoms with van der Waals surface area (Å²) in [7, 11) is 0. The lowest BCUT2D eigenvalue weighted by molar-refractivity contribution is -0.136. The SMILES string of the molecule is O=C(O)CCSc1nc2cc(Cl)cc(Cl)c2s1. The molecule has 0 aliphatic carbocycles. The Bertz CT molecular complexity index is 571. The summed E-state index contributed by atoms with van der Waals surface area (Å²) in [5.74, 6) is -0.305. The van der Waals surface area contributed by atoms with Crippen LogP contribution >= 0.6 is 46.3 Å². The van der Waals surface area contributed by atoms with Crippen LogP contribution in [0.1, 0.15) is 6.42 Å². The van der Waals surface area contributed by atoms with Crippen molar-refractivity contribution in [1.82, 2.24) is 4.98 Å². The number of halogens is 2. The van der Waals surface area contributed by atoms with Crippen LogP contribution in [-0.4, -0.2) is 21.8 Å². The van der Waals surface area contributed by atoms with Gasteiger partial charge in [-0.2, -0.15) is 0 Å². The molecular formula is C10H7Cl2NO2S2. The van der Waals surface area contributed by atoms with Gasteiger partial charge in [-0.15, -0.1) is 11.3 Å². The number of hydrogen-bond acceptors (Lipinski definition) is 4. The summed E-state index contributed by atoms with van der Waals surface area (Å²) in [6.45, 7) is 0. The van der Waals surface area contributed by atoms with Crippen molar-refractivity contribution < 1.29 is 9.90 Å². The van der Waals surface area contributed by atoms with Gasteiger partial charge in [0.1, 0.15) is 0 Å². The van der Waals surface area contributed by atoms with Crippen LogP contribution in [0.25, 0.3) is 10.2 Å². The summed E-state index contributed by atoms with van der Waals surface area (Å²) in [6.07, 6.45) is 0.120. The molecule has 17 heavy (non-hydrogen) atoms. The second kappa shape index (κ2) is 5.44. The van der Waals surface area contributed by atoms with E-state index in [4.69, 9.17) is 28.3 Å². The number of carbonyl (C=O) groups is 1. The van der Waals surface area contributed by atoms with Gasteiger partial charge in [-0.3, -0.25) is 4.79 Å². The molecule has 0 radical (unpaired) electrons. The zero-order valence-corrected chi connectivity index (χ0v) is 11.6. The smallest absolute Gasteiger partial charge is 0.304 e. The van der Waals surface area contributed by atoms with E-state index in [2.05, 4.69) is 4.98 Å². The van der Waals surface area contributed by atoms with Gasteiger partial charge < -0.3 is 5.11 Å². The van der Waals surface area contributed by atoms with Gasteiger partial charge in [0.05, 0.1) is 21.7 Å². The summed E-state index contributed by atoms with van der Waals surface area (Å²) in [4.78, 5) is 14.7. The highest BCUT2D eigenvalue weighted by atomic mass is 35.5. The average molecular weight is 308 g/mol. The van der Waals surface area contributed by atoms with Gasteiger partial charge in [-0.1, -0.05) is 35.0 Å². The number of benzene rings is 1. The third-order valence-corrected chi connectivity index (χ3v) is 4.81. The molecule has 0 fully saturated rings. The van der Waals surface area contributed by atoms with Crippen molar-refractivity contribution in [1.29, 1.82) is 0 Å². The molecule has 0 bridgehead atoms. The minimum Gasteiger partial charge on any atom is -0.481 e. The van der Waals surface area contributed by atoms with Crippen molar-refractivity contribution >= 4 is 62.5 Å². The number of thiazole rings is 1. The third-order valence-electron chi connectivity index (χ3n) is 1.93. The maximum absolute atomic E-state index is 10.4. The van der Waals surface area contributed by atoms with Crippen molar-refractivity contribution in [2.75, 3.05) is 5.75 Å². The summed E-state index contributed by atoms with van der Waals surface area (Å²) in [5, 5.41) is 9.67. The summed E-state index contributed by atoms with van der Waals surface area (Å²) in [5.41, 5.74) is 0.755. The molecule has 1 aromatic carbocycles. The van der Waals surface area contributed by atoms with Gasteiger partial charge in [0, 0.05) is 10.8 Å². The number of rotatable bonds is 4. The van der Waals surface area contributed by atoms with E-state index >= 15 is 0 Å². The fourth-order valence-electron chi connectivity index (χ4n) is 1.23. The number of carboxylic acids is 1. The molecule has 7 heteroatoms. The molecule has 0 saturated carbocycles. The Hall–Kier alpha value is -0.490. The maximum atomic E-state index is 10.4. The zero-order valence-electron chi connectivity index (χ0n) is 8.44. The lowest BCUT2D eigenvalue weighted by atomic mass is 10.3. The molecule has 0 spiro atoms. The number of carboxylic acid groups (broad SMARTS) is 1. The summed E-state index contributed by atoms with van der Waals surface area (Å²) >= 11 is 14.8. The topological polar surface area (TPSA) is 50.2 Å². The van der Waals surface area contributed by atoms with Crippen LogP contribution in [0, 0.1) is 0 Å². The molecule has 90 valence electrons. The van der Waals surface area contributed by atoms with Crippen molar-refractivity contribution in [2.24, 2.45) is 0 Å². The fourth-order valence-corrected chi connectivity index (χ4v) is 3.86. The second-order valence-corrected chi connectivity index (χ2v) is 6.39. The Kier molecular flexibility index (Phi) is 4.14. The predicted octanol–water partition coefficient (Wildman–Crippen LogP) is 4.17. The summed E-state index contributed by atoms with van der Waals surface area (Å²) < 4.78 is 1.69. The first-order valence-corrected chi connectivity index (χ1v) is 7.22. The van der Waals surface area contributed by atoms with Crippen LogP contribution in [0.5, 0.6) is 0 Å². The Morgan fingerprint density at radius 1 is 1.47 bits per heavy atom. The van der Waals surface area contributed by atoms with E-state index in [1.165, 1.54) is 23.1 Å². The molecule has 0 aliphatic rings. The minimum absolute atomic E-state index is 0.120. The molecule has 1 N–H and O–H groups in total. The number of fused-ring (bicyclic) bond motifs is 1. The van der Waals surface area contributed by atoms with E-state index in [1.807, 2.05) is 0 Å². The molecule has 0 saturated heterocycles. The van der Waals surface area contributed by atoms with Gasteiger partial charge in [-0.05, 0) is 12.1 Å². The molecule has 0 aliphatic heterocycles. The number of hydrogen-bond donors (Lipinski definition) is 1. The van der Waals surface area contributed by atoms with Crippen LogP contribution in [0.15, 0.2) is 16.5 Å². The molecule has 0 atom stereocenters. The zero-order chi connectivity index (χ0) is 12.4. The van der Waals surface area contributed by atoms with E-state index in [-0.39, 0.29) is 6.42 Å². The molecule has 1 aromatic heterocycles. The van der Waals surface area contributed by atoms with Crippen LogP contribution in [0.2, 0.25) is 10.0 Å². The van der Waals surface area contributed by atoms with Crippen molar-refractivity contribution in [3.63, 3.8) is 0 Å². The molecule has 2 aromatic rings. The average Bonchev–Trinajstić information content (AvgIpc) is 2.60. The third kappa shape index (κ3) is 3.25. The molecule has 1 heterocycles. The lowest BCUT2D eigenvalue weighted by Crippen LogP contribution is -1.95. The van der Waals surface area contributed by atoms with Gasteiger partial charge in [0.25, 0.3) is 0 Å². The highest BCUT2D eigenvalue weighted by molar-refractivity contribution is 8.01. The van der Waals surface area contributed by atoms with E-state index in [0.29, 0.717) is 15.8 Å². The predicted molar refractivity (Wildman–Crippen MR) is 72.6 cm³/mol. The first-order chi connectivity index (χ1) is 8.06. The molecular weight excluding hydrogens is 301 g/mol. The van der Waals surface area contributed by atoms with Crippen molar-refractivity contribution in [3.8, 4) is 0 Å². The van der Waals surface area contributed by atoms with Gasteiger partial charge in [0.2, 0.25) is 0 Å². The number of nitrogens with zero attached hydrogens (tertiary/aromatic N) is 1. The minimum atomic E-state index is -0.806. The van der Waals surface area contributed by atoms with Crippen LogP contribution in [0.3, 0.4) is 0 Å². The van der Waals surface area contributed by atoms with Gasteiger partial charge in [-0.25, -0.2) is 4.98 Å². The Morgan fingerprint density at radius 2 is 2.24 bits per heavy atom. The second-order valence-electron chi connectivity index (χ2n) is 3.21. The quantitative estimate of drug-likeness (QED) is 0.861. The van der Waals surface area contributed by atoms with Crippen molar-refractivity contribution in [3.05, 3.63) is 22.2 Å². The Labute approximate surface area is 116 Å². The van der Waals surface area contributed by atoms with Crippen molar-refractivity contribution in [2.45, 2.75) is 10.8 Å². The van der Waals surface area contributed by atoms with Crippen LogP contribution < -0.4 is 0 Å². The highest BCUT2D eigenvalue weighted by Crippen LogP contribution is 2.36. The van der Waals surface area contributed by atoms with Gasteiger partial charge >= 0.3 is 5.97 Å². The lowest BCUT2D eigenvalue weighted by Gasteiger charge is -1.92. The van der Waals surface area contributed by atoms with E-state index in [9.17, 15) is 4.79 Å². The number of aromatic nitrogens is 1. The Morgan fingerprint density at radius 3 is 2.94 bits per heavy atom. The summed E-state index contributed by atoms with van der Waals surface area (Å²) in [6, 6.07) is 3.43. The standard InChI is InChI=1S/C10H7Cl2NO2S2/c11-5-3-6(12)9-7(4-5)13-10(17-9)16-2-1-8(14)15/h3-4H,1-2H2,(H,14,15). The monoisotopic (exact) mass is 307 g/mol. The van der Waals surface area contributed by atoms with Crippen LogP contribution in [0.4, 0.5) is 0 Å². The first kappa shape index (κ1) is 13.0. The van der Waals surface area contributed by atoms with Gasteiger partial charge in [0.15, 0.2) is 4.34 Å². The highest BCUT2D eigenvalue weighted by Gasteiger charge is 2.09. The molecule has 0 unspecified atom stereocenters.